The van der Waals surface area contributed by atoms with Gasteiger partial charge in [-0.05, 0) is 39.8 Å². The Labute approximate surface area is 107 Å². The number of hydrogen-bond acceptors (Lipinski definition) is 2. The van der Waals surface area contributed by atoms with Crippen molar-refractivity contribution in [1.82, 2.24) is 14.3 Å². The second kappa shape index (κ2) is 4.44. The first-order chi connectivity index (χ1) is 8.43. The van der Waals surface area contributed by atoms with Gasteiger partial charge < -0.3 is 9.30 Å². The van der Waals surface area contributed by atoms with Gasteiger partial charge in [-0.3, -0.25) is 4.79 Å². The van der Waals surface area contributed by atoms with Gasteiger partial charge in [0.1, 0.15) is 0 Å². The second-order valence-electron chi connectivity index (χ2n) is 5.36. The summed E-state index contributed by atoms with van der Waals surface area (Å²) in [5.74, 6) is 0.0636. The lowest BCUT2D eigenvalue weighted by Crippen LogP contribution is -2.45. The summed E-state index contributed by atoms with van der Waals surface area (Å²) in [7, 11) is 0. The molecule has 2 aromatic heterocycles. The first-order valence-corrected chi connectivity index (χ1v) is 6.17. The van der Waals surface area contributed by atoms with Crippen LogP contribution < -0.4 is 0 Å². The van der Waals surface area contributed by atoms with E-state index in [1.165, 1.54) is 0 Å². The minimum atomic E-state index is -0.168. The molecule has 2 heterocycles. The first kappa shape index (κ1) is 12.6. The van der Waals surface area contributed by atoms with E-state index in [0.717, 1.165) is 5.52 Å². The van der Waals surface area contributed by atoms with Gasteiger partial charge >= 0.3 is 0 Å². The molecule has 0 aliphatic rings. The molecular weight excluding hydrogens is 226 g/mol. The molecule has 0 aromatic carbocycles. The average molecular weight is 245 g/mol. The predicted molar refractivity (Wildman–Crippen MR) is 71.7 cm³/mol. The van der Waals surface area contributed by atoms with Crippen LogP contribution in [0.3, 0.4) is 0 Å². The van der Waals surface area contributed by atoms with E-state index < -0.39 is 0 Å². The van der Waals surface area contributed by atoms with Crippen molar-refractivity contribution >= 4 is 11.4 Å². The fourth-order valence-corrected chi connectivity index (χ4v) is 2.13. The van der Waals surface area contributed by atoms with Gasteiger partial charge in [0.2, 0.25) is 0 Å². The number of pyridine rings is 1. The number of aromatic nitrogens is 2. The maximum atomic E-state index is 12.5. The standard InChI is InChI=1S/C14H19N3O/c1-5-17(14(2,3)4)13(18)11-6-7-16-10-15-9-12(16)8-11/h6-10H,5H2,1-4H3. The number of carbonyl (C=O) groups is 1. The third-order valence-corrected chi connectivity index (χ3v) is 3.03. The van der Waals surface area contributed by atoms with Crippen molar-refractivity contribution in [3.05, 3.63) is 36.4 Å². The Morgan fingerprint density at radius 2 is 2.17 bits per heavy atom. The molecule has 0 bridgehead atoms. The molecule has 18 heavy (non-hydrogen) atoms. The second-order valence-corrected chi connectivity index (χ2v) is 5.36. The zero-order valence-electron chi connectivity index (χ0n) is 11.3. The molecule has 0 unspecified atom stereocenters. The van der Waals surface area contributed by atoms with Crippen molar-refractivity contribution in [1.29, 1.82) is 0 Å². The zero-order valence-corrected chi connectivity index (χ0v) is 11.3. The monoisotopic (exact) mass is 245 g/mol. The number of imidazole rings is 1. The van der Waals surface area contributed by atoms with E-state index in [9.17, 15) is 4.79 Å². The molecule has 1 amide bonds. The lowest BCUT2D eigenvalue weighted by Gasteiger charge is -2.34. The molecule has 96 valence electrons. The highest BCUT2D eigenvalue weighted by molar-refractivity contribution is 5.95. The molecule has 0 saturated carbocycles. The molecule has 0 radical (unpaired) electrons. The van der Waals surface area contributed by atoms with Gasteiger partial charge in [-0.15, -0.1) is 0 Å². The van der Waals surface area contributed by atoms with Gasteiger partial charge in [0.05, 0.1) is 18.0 Å². The van der Waals surface area contributed by atoms with E-state index >= 15 is 0 Å². The van der Waals surface area contributed by atoms with Crippen LogP contribution >= 0.6 is 0 Å². The van der Waals surface area contributed by atoms with Crippen LogP contribution in [-0.4, -0.2) is 32.3 Å². The Morgan fingerprint density at radius 1 is 1.44 bits per heavy atom. The molecule has 0 atom stereocenters. The number of amides is 1. The Kier molecular flexibility index (Phi) is 3.11. The molecule has 0 saturated heterocycles. The third kappa shape index (κ3) is 2.23. The Hall–Kier alpha value is -1.84. The smallest absolute Gasteiger partial charge is 0.254 e. The van der Waals surface area contributed by atoms with Crippen LogP contribution in [0.5, 0.6) is 0 Å². The van der Waals surface area contributed by atoms with Crippen LogP contribution in [-0.2, 0) is 0 Å². The molecule has 0 aliphatic heterocycles. The fraction of sp³-hybridized carbons (Fsp3) is 0.429. The molecule has 0 N–H and O–H groups in total. The normalized spacial score (nSPS) is 11.8. The number of fused-ring (bicyclic) bond motifs is 1. The van der Waals surface area contributed by atoms with E-state index in [1.807, 2.05) is 55.3 Å². The van der Waals surface area contributed by atoms with Crippen LogP contribution in [0.25, 0.3) is 5.52 Å². The van der Waals surface area contributed by atoms with Crippen molar-refractivity contribution < 1.29 is 4.79 Å². The number of rotatable bonds is 2. The highest BCUT2D eigenvalue weighted by Crippen LogP contribution is 2.17. The zero-order chi connectivity index (χ0) is 13.3. The topological polar surface area (TPSA) is 37.6 Å². The van der Waals surface area contributed by atoms with Crippen molar-refractivity contribution in [2.75, 3.05) is 6.54 Å². The average Bonchev–Trinajstić information content (AvgIpc) is 2.74. The number of nitrogens with zero attached hydrogens (tertiary/aromatic N) is 3. The van der Waals surface area contributed by atoms with Gasteiger partial charge in [-0.25, -0.2) is 4.98 Å². The van der Waals surface area contributed by atoms with Gasteiger partial charge in [0.25, 0.3) is 5.91 Å². The maximum Gasteiger partial charge on any atom is 0.254 e. The van der Waals surface area contributed by atoms with Crippen LogP contribution in [0.15, 0.2) is 30.9 Å². The Morgan fingerprint density at radius 3 is 2.78 bits per heavy atom. The minimum Gasteiger partial charge on any atom is -0.334 e. The summed E-state index contributed by atoms with van der Waals surface area (Å²) in [5.41, 5.74) is 1.48. The highest BCUT2D eigenvalue weighted by Gasteiger charge is 2.25. The largest absolute Gasteiger partial charge is 0.334 e. The van der Waals surface area contributed by atoms with Crippen molar-refractivity contribution in [2.24, 2.45) is 0 Å². The summed E-state index contributed by atoms with van der Waals surface area (Å²) in [6.07, 6.45) is 5.35. The molecule has 2 rings (SSSR count). The lowest BCUT2D eigenvalue weighted by molar-refractivity contribution is 0.0599. The van der Waals surface area contributed by atoms with Gasteiger partial charge in [0, 0.05) is 23.8 Å². The molecular formula is C14H19N3O. The number of hydrogen-bond donors (Lipinski definition) is 0. The Bertz CT molecular complexity index is 566. The maximum absolute atomic E-state index is 12.5. The van der Waals surface area contributed by atoms with Crippen LogP contribution in [0.4, 0.5) is 0 Å². The highest BCUT2D eigenvalue weighted by atomic mass is 16.2. The van der Waals surface area contributed by atoms with E-state index in [4.69, 9.17) is 0 Å². The Balaban J connectivity index is 2.37. The molecule has 0 aliphatic carbocycles. The molecule has 4 heteroatoms. The summed E-state index contributed by atoms with van der Waals surface area (Å²) >= 11 is 0. The first-order valence-electron chi connectivity index (χ1n) is 6.17. The quantitative estimate of drug-likeness (QED) is 0.815. The summed E-state index contributed by atoms with van der Waals surface area (Å²) in [6.45, 7) is 8.84. The summed E-state index contributed by atoms with van der Waals surface area (Å²) in [5, 5.41) is 0. The van der Waals surface area contributed by atoms with Crippen molar-refractivity contribution in [3.63, 3.8) is 0 Å². The number of carbonyl (C=O) groups excluding carboxylic acids is 1. The van der Waals surface area contributed by atoms with E-state index in [-0.39, 0.29) is 11.4 Å². The van der Waals surface area contributed by atoms with Gasteiger partial charge in [-0.2, -0.15) is 0 Å². The van der Waals surface area contributed by atoms with E-state index in [1.54, 1.807) is 12.5 Å². The van der Waals surface area contributed by atoms with Crippen LogP contribution in [0, 0.1) is 0 Å². The van der Waals surface area contributed by atoms with E-state index in [2.05, 4.69) is 4.98 Å². The molecule has 0 spiro atoms. The lowest BCUT2D eigenvalue weighted by atomic mass is 10.0. The molecule has 4 nitrogen and oxygen atoms in total. The van der Waals surface area contributed by atoms with Crippen molar-refractivity contribution in [2.45, 2.75) is 33.2 Å². The van der Waals surface area contributed by atoms with Gasteiger partial charge in [0.15, 0.2) is 0 Å². The minimum absolute atomic E-state index is 0.0636. The van der Waals surface area contributed by atoms with Crippen LogP contribution in [0.2, 0.25) is 0 Å². The predicted octanol–water partition coefficient (Wildman–Crippen LogP) is 2.59. The van der Waals surface area contributed by atoms with Crippen molar-refractivity contribution in [3.8, 4) is 0 Å². The van der Waals surface area contributed by atoms with Crippen LogP contribution in [0.1, 0.15) is 38.1 Å². The summed E-state index contributed by atoms with van der Waals surface area (Å²) < 4.78 is 1.89. The van der Waals surface area contributed by atoms with E-state index in [0.29, 0.717) is 12.1 Å². The summed E-state index contributed by atoms with van der Waals surface area (Å²) in [6, 6.07) is 3.72. The third-order valence-electron chi connectivity index (χ3n) is 3.03. The van der Waals surface area contributed by atoms with Gasteiger partial charge in [-0.1, -0.05) is 0 Å². The SMILES string of the molecule is CCN(C(=O)c1ccn2cncc2c1)C(C)(C)C. The fourth-order valence-electron chi connectivity index (χ4n) is 2.13. The molecule has 2 aromatic rings. The summed E-state index contributed by atoms with van der Waals surface area (Å²) in [4.78, 5) is 18.4. The molecule has 0 fully saturated rings.